The zero-order chi connectivity index (χ0) is 18.1. The maximum absolute atomic E-state index is 12.2. The molecule has 9 heteroatoms. The summed E-state index contributed by atoms with van der Waals surface area (Å²) in [5.41, 5.74) is 3.96. The number of hydrogen-bond donors (Lipinski definition) is 3. The lowest BCUT2D eigenvalue weighted by Gasteiger charge is -2.15. The van der Waals surface area contributed by atoms with Gasteiger partial charge in [0, 0.05) is 25.1 Å². The standard InChI is InChI=1S/C16H18N4O4S/c1-20-15(22)13(14(21)17-16(20)25)11-7-10(18-19-11)9-5-4-8(23-2)6-12(9)24-3/h4-6,10,18,22H,7H2,1-3H3,(H,17,21,25)/t10-/m0/s1. The number of methoxy groups -OCH3 is 2. The van der Waals surface area contributed by atoms with Crippen molar-refractivity contribution in [2.45, 2.75) is 12.5 Å². The minimum absolute atomic E-state index is 0.110. The Morgan fingerprint density at radius 1 is 1.36 bits per heavy atom. The van der Waals surface area contributed by atoms with E-state index >= 15 is 0 Å². The Morgan fingerprint density at radius 2 is 2.12 bits per heavy atom. The second kappa shape index (κ2) is 6.60. The van der Waals surface area contributed by atoms with Crippen molar-refractivity contribution in [1.29, 1.82) is 0 Å². The number of H-pyrrole nitrogens is 1. The molecular weight excluding hydrogens is 344 g/mol. The van der Waals surface area contributed by atoms with E-state index in [1.54, 1.807) is 27.3 Å². The largest absolute Gasteiger partial charge is 0.497 e. The molecule has 0 aliphatic carbocycles. The predicted octanol–water partition coefficient (Wildman–Crippen LogP) is 1.60. The van der Waals surface area contributed by atoms with Gasteiger partial charge in [0.05, 0.1) is 26.0 Å². The third-order valence-electron chi connectivity index (χ3n) is 4.15. The van der Waals surface area contributed by atoms with Crippen molar-refractivity contribution >= 4 is 17.9 Å². The van der Waals surface area contributed by atoms with Crippen molar-refractivity contribution in [1.82, 2.24) is 15.0 Å². The highest BCUT2D eigenvalue weighted by molar-refractivity contribution is 7.71. The third kappa shape index (κ3) is 2.98. The maximum Gasteiger partial charge on any atom is 0.264 e. The molecule has 0 bridgehead atoms. The number of ether oxygens (including phenoxy) is 2. The van der Waals surface area contributed by atoms with Crippen LogP contribution in [0.5, 0.6) is 17.4 Å². The van der Waals surface area contributed by atoms with Crippen LogP contribution in [0.4, 0.5) is 0 Å². The summed E-state index contributed by atoms with van der Waals surface area (Å²) in [6, 6.07) is 5.30. The molecule has 1 aromatic carbocycles. The topological polar surface area (TPSA) is 101 Å². The van der Waals surface area contributed by atoms with Gasteiger partial charge >= 0.3 is 0 Å². The first-order valence-corrected chi connectivity index (χ1v) is 7.93. The first-order chi connectivity index (χ1) is 12.0. The molecule has 0 unspecified atom stereocenters. The fraction of sp³-hybridized carbons (Fsp3) is 0.312. The summed E-state index contributed by atoms with van der Waals surface area (Å²) in [4.78, 5) is 14.7. The summed E-state index contributed by atoms with van der Waals surface area (Å²) < 4.78 is 12.1. The van der Waals surface area contributed by atoms with Crippen LogP contribution in [0.2, 0.25) is 0 Å². The molecule has 1 atom stereocenters. The maximum atomic E-state index is 12.2. The van der Waals surface area contributed by atoms with Crippen molar-refractivity contribution in [3.63, 3.8) is 0 Å². The number of aromatic amines is 1. The molecule has 0 spiro atoms. The molecule has 0 fully saturated rings. The summed E-state index contributed by atoms with van der Waals surface area (Å²) in [5, 5.41) is 14.5. The van der Waals surface area contributed by atoms with Gasteiger partial charge in [0.2, 0.25) is 5.88 Å². The van der Waals surface area contributed by atoms with Crippen LogP contribution in [-0.4, -0.2) is 34.6 Å². The smallest absolute Gasteiger partial charge is 0.264 e. The molecule has 8 nitrogen and oxygen atoms in total. The van der Waals surface area contributed by atoms with Crippen LogP contribution in [0.3, 0.4) is 0 Å². The van der Waals surface area contributed by atoms with E-state index in [9.17, 15) is 9.90 Å². The summed E-state index contributed by atoms with van der Waals surface area (Å²) in [7, 11) is 4.74. The first kappa shape index (κ1) is 17.0. The zero-order valence-electron chi connectivity index (χ0n) is 14.0. The Labute approximate surface area is 148 Å². The number of hydrazone groups is 1. The van der Waals surface area contributed by atoms with Gasteiger partial charge in [-0.2, -0.15) is 5.10 Å². The molecule has 3 N–H and O–H groups in total. The van der Waals surface area contributed by atoms with Crippen molar-refractivity contribution in [3.8, 4) is 17.4 Å². The van der Waals surface area contributed by atoms with Gasteiger partial charge < -0.3 is 20.0 Å². The SMILES string of the molecule is COc1ccc([C@@H]2CC(c3c(O)n(C)c(=S)[nH]c3=O)=NN2)c(OC)c1. The molecule has 25 heavy (non-hydrogen) atoms. The van der Waals surface area contributed by atoms with Gasteiger partial charge in [-0.3, -0.25) is 14.3 Å². The average molecular weight is 362 g/mol. The Bertz CT molecular complexity index is 964. The van der Waals surface area contributed by atoms with E-state index in [0.717, 1.165) is 5.56 Å². The van der Waals surface area contributed by atoms with Gasteiger partial charge in [-0.05, 0) is 24.4 Å². The van der Waals surface area contributed by atoms with Crippen LogP contribution in [0.15, 0.2) is 28.1 Å². The highest BCUT2D eigenvalue weighted by Crippen LogP contribution is 2.34. The van der Waals surface area contributed by atoms with E-state index < -0.39 is 5.56 Å². The van der Waals surface area contributed by atoms with Crippen LogP contribution in [-0.2, 0) is 7.05 Å². The van der Waals surface area contributed by atoms with Gasteiger partial charge in [-0.25, -0.2) is 0 Å². The van der Waals surface area contributed by atoms with Crippen LogP contribution in [0, 0.1) is 4.77 Å². The monoisotopic (exact) mass is 362 g/mol. The van der Waals surface area contributed by atoms with E-state index in [1.165, 1.54) is 4.57 Å². The number of benzene rings is 1. The number of hydrogen-bond acceptors (Lipinski definition) is 7. The molecule has 2 aromatic rings. The normalized spacial score (nSPS) is 16.3. The second-order valence-corrected chi connectivity index (χ2v) is 5.96. The number of nitrogens with zero attached hydrogens (tertiary/aromatic N) is 2. The highest BCUT2D eigenvalue weighted by Gasteiger charge is 2.28. The third-order valence-corrected chi connectivity index (χ3v) is 4.53. The van der Waals surface area contributed by atoms with Gasteiger partial charge in [0.15, 0.2) is 4.77 Å². The molecule has 0 saturated heterocycles. The number of rotatable bonds is 4. The lowest BCUT2D eigenvalue weighted by Crippen LogP contribution is -2.21. The summed E-state index contributed by atoms with van der Waals surface area (Å²) in [6.45, 7) is 0. The number of aromatic nitrogens is 2. The van der Waals surface area contributed by atoms with Crippen molar-refractivity contribution < 1.29 is 14.6 Å². The van der Waals surface area contributed by atoms with E-state index in [4.69, 9.17) is 21.7 Å². The van der Waals surface area contributed by atoms with Crippen molar-refractivity contribution in [2.24, 2.45) is 12.1 Å². The zero-order valence-corrected chi connectivity index (χ0v) is 14.8. The molecule has 3 rings (SSSR count). The fourth-order valence-electron chi connectivity index (χ4n) is 2.75. The number of nitrogens with one attached hydrogen (secondary N) is 2. The predicted molar refractivity (Wildman–Crippen MR) is 95.1 cm³/mol. The minimum atomic E-state index is -0.469. The summed E-state index contributed by atoms with van der Waals surface area (Å²) >= 11 is 4.98. The lowest BCUT2D eigenvalue weighted by molar-refractivity contribution is 0.386. The molecule has 1 aromatic heterocycles. The molecule has 1 aliphatic rings. The van der Waals surface area contributed by atoms with Crippen LogP contribution in [0.25, 0.3) is 0 Å². The van der Waals surface area contributed by atoms with Gasteiger partial charge in [-0.15, -0.1) is 0 Å². The second-order valence-electron chi connectivity index (χ2n) is 5.57. The van der Waals surface area contributed by atoms with Crippen LogP contribution < -0.4 is 20.5 Å². The molecular formula is C16H18N4O4S. The molecule has 0 radical (unpaired) electrons. The Morgan fingerprint density at radius 3 is 2.80 bits per heavy atom. The molecule has 0 saturated carbocycles. The van der Waals surface area contributed by atoms with Crippen molar-refractivity contribution in [3.05, 3.63) is 44.5 Å². The molecule has 132 valence electrons. The average Bonchev–Trinajstić information content (AvgIpc) is 3.08. The van der Waals surface area contributed by atoms with Gasteiger partial charge in [-0.1, -0.05) is 0 Å². The van der Waals surface area contributed by atoms with E-state index in [2.05, 4.69) is 15.5 Å². The van der Waals surface area contributed by atoms with Crippen LogP contribution in [0.1, 0.15) is 23.6 Å². The molecule has 0 amide bonds. The van der Waals surface area contributed by atoms with E-state index in [-0.39, 0.29) is 22.3 Å². The van der Waals surface area contributed by atoms with Gasteiger partial charge in [0.25, 0.3) is 5.56 Å². The Hall–Kier alpha value is -2.81. The highest BCUT2D eigenvalue weighted by atomic mass is 32.1. The van der Waals surface area contributed by atoms with Crippen LogP contribution >= 0.6 is 12.2 Å². The fourth-order valence-corrected chi connectivity index (χ4v) is 2.93. The summed E-state index contributed by atoms with van der Waals surface area (Å²) in [5.74, 6) is 1.12. The van der Waals surface area contributed by atoms with Gasteiger partial charge in [0.1, 0.15) is 17.1 Å². The van der Waals surface area contributed by atoms with Crippen molar-refractivity contribution in [2.75, 3.05) is 14.2 Å². The minimum Gasteiger partial charge on any atom is -0.497 e. The first-order valence-electron chi connectivity index (χ1n) is 7.53. The molecule has 2 heterocycles. The Kier molecular flexibility index (Phi) is 4.49. The van der Waals surface area contributed by atoms with E-state index in [0.29, 0.717) is 23.6 Å². The number of aromatic hydroxyl groups is 1. The lowest BCUT2D eigenvalue weighted by atomic mass is 9.99. The molecule has 1 aliphatic heterocycles. The van der Waals surface area contributed by atoms with E-state index in [1.807, 2.05) is 12.1 Å². The quantitative estimate of drug-likeness (QED) is 0.715. The Balaban J connectivity index is 1.94. The summed E-state index contributed by atoms with van der Waals surface area (Å²) in [6.07, 6.45) is 0.413.